The zero-order chi connectivity index (χ0) is 20.8. The van der Waals surface area contributed by atoms with Crippen molar-refractivity contribution in [1.82, 2.24) is 0 Å². The fourth-order valence-corrected chi connectivity index (χ4v) is 3.13. The third-order valence-corrected chi connectivity index (χ3v) is 4.99. The number of aliphatic hydroxyl groups is 1. The van der Waals surface area contributed by atoms with Gasteiger partial charge < -0.3 is 19.2 Å². The van der Waals surface area contributed by atoms with Crippen molar-refractivity contribution in [3.8, 4) is 0 Å². The van der Waals surface area contributed by atoms with Crippen molar-refractivity contribution in [2.45, 2.75) is 64.4 Å². The average Bonchev–Trinajstić information content (AvgIpc) is 2.56. The number of hydrogen-bond donors (Lipinski definition) is 2. The second-order valence-corrected chi connectivity index (χ2v) is 9.19. The van der Waals surface area contributed by atoms with Crippen molar-refractivity contribution in [1.29, 1.82) is 0 Å². The zero-order valence-corrected chi connectivity index (χ0v) is 18.3. The highest BCUT2D eigenvalue weighted by Gasteiger charge is 2.28. The van der Waals surface area contributed by atoms with Crippen molar-refractivity contribution in [3.63, 3.8) is 0 Å². The zero-order valence-electron chi connectivity index (χ0n) is 17.4. The molecule has 0 aliphatic heterocycles. The molecule has 0 rings (SSSR count). The summed E-state index contributed by atoms with van der Waals surface area (Å²) in [5, 5.41) is 9.27. The second-order valence-electron chi connectivity index (χ2n) is 7.78. The third kappa shape index (κ3) is 17.3. The number of phosphoric ester groups is 1. The van der Waals surface area contributed by atoms with Gasteiger partial charge >= 0.3 is 13.8 Å². The normalized spacial score (nSPS) is 15.3. The number of unbranched alkanes of at least 4 members (excludes halogenated alkanes) is 6. The first-order valence-electron chi connectivity index (χ1n) is 9.82. The Morgan fingerprint density at radius 2 is 1.67 bits per heavy atom. The molecule has 0 aromatic heterocycles. The lowest BCUT2D eigenvalue weighted by Gasteiger charge is -2.24. The van der Waals surface area contributed by atoms with Crippen molar-refractivity contribution in [3.05, 3.63) is 0 Å². The molecule has 0 aliphatic rings. The molecule has 8 nitrogen and oxygen atoms in total. The Bertz CT molecular complexity index is 440. The third-order valence-electron chi connectivity index (χ3n) is 3.92. The monoisotopic (exact) mass is 412 g/mol. The molecule has 2 atom stereocenters. The van der Waals surface area contributed by atoms with E-state index in [-0.39, 0.29) is 13.2 Å². The number of phosphoric acid groups is 1. The van der Waals surface area contributed by atoms with Gasteiger partial charge in [-0.1, -0.05) is 45.4 Å². The molecule has 0 heterocycles. The first-order valence-corrected chi connectivity index (χ1v) is 11.3. The minimum Gasteiger partial charge on any atom is -0.463 e. The van der Waals surface area contributed by atoms with Gasteiger partial charge in [-0.25, -0.2) is 4.57 Å². The Hall–Kier alpha value is -0.500. The van der Waals surface area contributed by atoms with Crippen LogP contribution in [0.4, 0.5) is 0 Å². The molecule has 27 heavy (non-hydrogen) atoms. The van der Waals surface area contributed by atoms with Crippen LogP contribution in [0.1, 0.15) is 58.3 Å². The van der Waals surface area contributed by atoms with Crippen LogP contribution in [0.2, 0.25) is 0 Å². The predicted molar refractivity (Wildman–Crippen MR) is 104 cm³/mol. The molecule has 0 amide bonds. The van der Waals surface area contributed by atoms with Crippen LogP contribution >= 0.6 is 7.82 Å². The van der Waals surface area contributed by atoms with Gasteiger partial charge in [-0.3, -0.25) is 13.8 Å². The standard InChI is InChI=1S/C18H38NO7P/c1-5-6-7-8-9-10-11-12-18(21)24-16-17(15-20)26-27(22,23)25-14-13-19(2,3)4/h17,20H,5-16H2,1-4H3/p+1/t17-/m0/s1. The summed E-state index contributed by atoms with van der Waals surface area (Å²) < 4.78 is 27.3. The van der Waals surface area contributed by atoms with Crippen molar-refractivity contribution in [2.24, 2.45) is 0 Å². The molecule has 162 valence electrons. The molecular weight excluding hydrogens is 373 g/mol. The number of carbonyl (C=O) groups excluding carboxylic acids is 1. The maximum absolute atomic E-state index is 11.9. The number of ether oxygens (including phenoxy) is 1. The fourth-order valence-electron chi connectivity index (χ4n) is 2.25. The van der Waals surface area contributed by atoms with Gasteiger partial charge in [-0.2, -0.15) is 0 Å². The van der Waals surface area contributed by atoms with Crippen LogP contribution in [0.15, 0.2) is 0 Å². The first kappa shape index (κ1) is 26.5. The van der Waals surface area contributed by atoms with Crippen LogP contribution in [0, 0.1) is 0 Å². The Labute approximate surface area is 164 Å². The van der Waals surface area contributed by atoms with E-state index in [1.54, 1.807) is 0 Å². The maximum atomic E-state index is 11.9. The Balaban J connectivity index is 3.97. The first-order chi connectivity index (χ1) is 12.6. The van der Waals surface area contributed by atoms with Gasteiger partial charge in [0.2, 0.25) is 0 Å². The van der Waals surface area contributed by atoms with E-state index >= 15 is 0 Å². The number of quaternary nitrogens is 1. The lowest BCUT2D eigenvalue weighted by Crippen LogP contribution is -2.37. The van der Waals surface area contributed by atoms with Gasteiger partial charge in [0.15, 0.2) is 0 Å². The Morgan fingerprint density at radius 1 is 1.07 bits per heavy atom. The van der Waals surface area contributed by atoms with Gasteiger partial charge in [0.25, 0.3) is 0 Å². The molecule has 0 bridgehead atoms. The fraction of sp³-hybridized carbons (Fsp3) is 0.944. The molecule has 1 unspecified atom stereocenters. The highest BCUT2D eigenvalue weighted by molar-refractivity contribution is 7.47. The summed E-state index contributed by atoms with van der Waals surface area (Å²) in [6, 6.07) is 0. The lowest BCUT2D eigenvalue weighted by molar-refractivity contribution is -0.870. The van der Waals surface area contributed by atoms with Gasteiger partial charge in [0.1, 0.15) is 25.9 Å². The number of nitrogens with zero attached hydrogens (tertiary/aromatic N) is 1. The van der Waals surface area contributed by atoms with E-state index in [2.05, 4.69) is 6.92 Å². The van der Waals surface area contributed by atoms with Gasteiger partial charge in [-0.15, -0.1) is 0 Å². The summed E-state index contributed by atoms with van der Waals surface area (Å²) in [5.74, 6) is -0.399. The number of hydrogen-bond acceptors (Lipinski definition) is 6. The van der Waals surface area contributed by atoms with Crippen molar-refractivity contribution in [2.75, 3.05) is 47.5 Å². The largest absolute Gasteiger partial charge is 0.472 e. The molecule has 0 spiro atoms. The van der Waals surface area contributed by atoms with E-state index in [4.69, 9.17) is 13.8 Å². The Morgan fingerprint density at radius 3 is 2.22 bits per heavy atom. The van der Waals surface area contributed by atoms with E-state index in [1.807, 2.05) is 21.1 Å². The molecule has 0 aliphatic carbocycles. The smallest absolute Gasteiger partial charge is 0.463 e. The van der Waals surface area contributed by atoms with E-state index in [9.17, 15) is 19.4 Å². The maximum Gasteiger partial charge on any atom is 0.472 e. The lowest BCUT2D eigenvalue weighted by atomic mass is 10.1. The summed E-state index contributed by atoms with van der Waals surface area (Å²) in [6.45, 7) is 1.90. The van der Waals surface area contributed by atoms with E-state index in [0.29, 0.717) is 17.4 Å². The molecule has 0 aromatic carbocycles. The molecule has 0 fully saturated rings. The van der Waals surface area contributed by atoms with E-state index in [1.165, 1.54) is 25.7 Å². The van der Waals surface area contributed by atoms with Crippen LogP contribution in [0.5, 0.6) is 0 Å². The topological polar surface area (TPSA) is 102 Å². The molecule has 0 saturated carbocycles. The quantitative estimate of drug-likeness (QED) is 0.164. The number of aliphatic hydroxyl groups excluding tert-OH is 1. The predicted octanol–water partition coefficient (Wildman–Crippen LogP) is 2.87. The summed E-state index contributed by atoms with van der Waals surface area (Å²) in [5.41, 5.74) is 0. The van der Waals surface area contributed by atoms with Crippen LogP contribution in [0.25, 0.3) is 0 Å². The van der Waals surface area contributed by atoms with Gasteiger partial charge in [-0.05, 0) is 6.42 Å². The van der Waals surface area contributed by atoms with E-state index < -0.39 is 26.5 Å². The molecule has 0 saturated heterocycles. The van der Waals surface area contributed by atoms with E-state index in [0.717, 1.165) is 19.3 Å². The number of carbonyl (C=O) groups is 1. The number of likely N-dealkylation sites (N-methyl/N-ethyl adjacent to an activating group) is 1. The van der Waals surface area contributed by atoms with Gasteiger partial charge in [0, 0.05) is 6.42 Å². The molecular formula is C18H39NO7P+. The Kier molecular flexibility index (Phi) is 14.2. The highest BCUT2D eigenvalue weighted by Crippen LogP contribution is 2.44. The molecule has 0 aromatic rings. The van der Waals surface area contributed by atoms with Crippen molar-refractivity contribution >= 4 is 13.8 Å². The minimum absolute atomic E-state index is 0.0352. The summed E-state index contributed by atoms with van der Waals surface area (Å²) >= 11 is 0. The SMILES string of the molecule is CCCCCCCCCC(=O)OC[C@H](CO)OP(=O)(O)OCC[N+](C)(C)C. The van der Waals surface area contributed by atoms with Crippen molar-refractivity contribution < 1.29 is 37.6 Å². The van der Waals surface area contributed by atoms with Crippen LogP contribution in [-0.4, -0.2) is 74.1 Å². The summed E-state index contributed by atoms with van der Waals surface area (Å²) in [6.07, 6.45) is 6.91. The summed E-state index contributed by atoms with van der Waals surface area (Å²) in [4.78, 5) is 21.4. The number of rotatable bonds is 17. The molecule has 9 heteroatoms. The van der Waals surface area contributed by atoms with Crippen LogP contribution in [-0.2, 0) is 23.1 Å². The highest BCUT2D eigenvalue weighted by atomic mass is 31.2. The average molecular weight is 412 g/mol. The van der Waals surface area contributed by atoms with Gasteiger partial charge in [0.05, 0.1) is 27.7 Å². The number of esters is 1. The van der Waals surface area contributed by atoms with Crippen LogP contribution < -0.4 is 0 Å². The second kappa shape index (κ2) is 14.5. The summed E-state index contributed by atoms with van der Waals surface area (Å²) in [7, 11) is 1.46. The molecule has 0 radical (unpaired) electrons. The minimum atomic E-state index is -4.31. The molecule has 2 N–H and O–H groups in total. The van der Waals surface area contributed by atoms with Crippen LogP contribution in [0.3, 0.4) is 0 Å².